The Morgan fingerprint density at radius 2 is 1.84 bits per heavy atom. The van der Waals surface area contributed by atoms with E-state index < -0.39 is 0 Å². The van der Waals surface area contributed by atoms with E-state index in [-0.39, 0.29) is 5.75 Å². The van der Waals surface area contributed by atoms with Crippen LogP contribution in [0.25, 0.3) is 33.5 Å². The molecule has 4 aromatic rings. The van der Waals surface area contributed by atoms with Crippen LogP contribution < -0.4 is 0 Å². The van der Waals surface area contributed by atoms with Crippen LogP contribution in [0.2, 0.25) is 5.02 Å². The number of nitrogens with zero attached hydrogens (tertiary/aromatic N) is 1. The van der Waals surface area contributed by atoms with Crippen LogP contribution in [-0.4, -0.2) is 19.6 Å². The average molecular weight is 368 g/mol. The molecule has 2 aromatic heterocycles. The highest BCUT2D eigenvalue weighted by Gasteiger charge is 2.25. The van der Waals surface area contributed by atoms with Gasteiger partial charge in [-0.1, -0.05) is 11.6 Å². The Morgan fingerprint density at radius 3 is 2.64 bits per heavy atom. The van der Waals surface area contributed by atoms with E-state index in [2.05, 4.69) is 14.5 Å². The first-order chi connectivity index (χ1) is 12.1. The molecule has 0 radical (unpaired) electrons. The number of aryl methyl sites for hydroxylation is 1. The summed E-state index contributed by atoms with van der Waals surface area (Å²) in [5, 5.41) is 11.5. The largest absolute Gasteiger partial charge is 0.508 e. The van der Waals surface area contributed by atoms with Crippen LogP contribution in [0.1, 0.15) is 5.56 Å². The molecule has 0 unspecified atom stereocenters. The number of benzene rings is 2. The normalized spacial score (nSPS) is 13.0. The zero-order chi connectivity index (χ0) is 17.1. The second-order valence-corrected chi connectivity index (χ2v) is 7.09. The van der Waals surface area contributed by atoms with Crippen LogP contribution in [-0.2, 0) is 13.0 Å². The van der Waals surface area contributed by atoms with E-state index in [1.165, 1.54) is 5.56 Å². The van der Waals surface area contributed by atoms with Gasteiger partial charge in [-0.25, -0.2) is 0 Å². The van der Waals surface area contributed by atoms with E-state index in [0.717, 1.165) is 51.5 Å². The second kappa shape index (κ2) is 5.25. The van der Waals surface area contributed by atoms with E-state index >= 15 is 0 Å². The monoisotopic (exact) mass is 367 g/mol. The van der Waals surface area contributed by atoms with Gasteiger partial charge in [0.25, 0.3) is 0 Å². The van der Waals surface area contributed by atoms with Crippen LogP contribution in [0.3, 0.4) is 0 Å². The Balaban J connectivity index is 1.82. The van der Waals surface area contributed by atoms with Crippen molar-refractivity contribution in [1.82, 2.24) is 14.5 Å². The number of H-pyrrole nitrogens is 2. The van der Waals surface area contributed by atoms with Gasteiger partial charge in [-0.3, -0.25) is 0 Å². The highest BCUT2D eigenvalue weighted by molar-refractivity contribution is 7.71. The van der Waals surface area contributed by atoms with Crippen LogP contribution in [0.15, 0.2) is 42.5 Å². The molecule has 5 rings (SSSR count). The summed E-state index contributed by atoms with van der Waals surface area (Å²) in [5.41, 5.74) is 6.44. The molecule has 1 aliphatic rings. The Bertz CT molecular complexity index is 1180. The summed E-state index contributed by atoms with van der Waals surface area (Å²) < 4.78 is 2.84. The minimum atomic E-state index is 0.247. The molecule has 0 aliphatic carbocycles. The molecule has 0 atom stereocenters. The Hall–Kier alpha value is -2.50. The minimum absolute atomic E-state index is 0.247. The molecule has 0 saturated heterocycles. The molecular formula is C19H14ClN3OS. The van der Waals surface area contributed by atoms with Gasteiger partial charge in [0.05, 0.1) is 17.1 Å². The van der Waals surface area contributed by atoms with Gasteiger partial charge in [0, 0.05) is 28.0 Å². The third-order valence-corrected chi connectivity index (χ3v) is 5.39. The Kier molecular flexibility index (Phi) is 3.11. The summed E-state index contributed by atoms with van der Waals surface area (Å²) in [4.78, 5) is 6.88. The van der Waals surface area contributed by atoms with Crippen molar-refractivity contribution in [3.63, 3.8) is 0 Å². The summed E-state index contributed by atoms with van der Waals surface area (Å²) in [5.74, 6) is 0.247. The molecule has 25 heavy (non-hydrogen) atoms. The maximum Gasteiger partial charge on any atom is 0.178 e. The van der Waals surface area contributed by atoms with Crippen molar-refractivity contribution in [1.29, 1.82) is 0 Å². The van der Waals surface area contributed by atoms with Crippen molar-refractivity contribution >= 4 is 34.7 Å². The molecule has 0 bridgehead atoms. The molecule has 3 heterocycles. The van der Waals surface area contributed by atoms with E-state index in [9.17, 15) is 5.11 Å². The number of hydrogen-bond donors (Lipinski definition) is 3. The summed E-state index contributed by atoms with van der Waals surface area (Å²) >= 11 is 11.7. The summed E-state index contributed by atoms with van der Waals surface area (Å²) in [6.07, 6.45) is 0.907. The van der Waals surface area contributed by atoms with Gasteiger partial charge in [-0.2, -0.15) is 0 Å². The maximum absolute atomic E-state index is 9.57. The van der Waals surface area contributed by atoms with Crippen molar-refractivity contribution < 1.29 is 5.11 Å². The fourth-order valence-electron chi connectivity index (χ4n) is 3.69. The van der Waals surface area contributed by atoms with Crippen LogP contribution in [0.5, 0.6) is 5.75 Å². The van der Waals surface area contributed by atoms with Crippen molar-refractivity contribution in [2.75, 3.05) is 0 Å². The Morgan fingerprint density at radius 1 is 1.04 bits per heavy atom. The lowest BCUT2D eigenvalue weighted by Crippen LogP contribution is -2.10. The molecule has 124 valence electrons. The number of aromatic nitrogens is 3. The number of imidazole rings is 1. The lowest BCUT2D eigenvalue weighted by Gasteiger charge is -2.17. The highest BCUT2D eigenvalue weighted by Crippen LogP contribution is 2.40. The first-order valence-electron chi connectivity index (χ1n) is 8.04. The molecule has 3 N–H and O–H groups in total. The predicted molar refractivity (Wildman–Crippen MR) is 103 cm³/mol. The molecule has 0 spiro atoms. The SMILES string of the molecule is Oc1ccc(-c2[nH]c(=S)n3c2-c2[nH]c4ccc(Cl)cc4c2CC3)cc1. The van der Waals surface area contributed by atoms with Gasteiger partial charge < -0.3 is 19.6 Å². The number of phenols is 1. The van der Waals surface area contributed by atoms with Crippen LogP contribution in [0, 0.1) is 4.77 Å². The number of fused-ring (bicyclic) bond motifs is 5. The lowest BCUT2D eigenvalue weighted by molar-refractivity contribution is 0.475. The van der Waals surface area contributed by atoms with Gasteiger partial charge in [0.15, 0.2) is 4.77 Å². The topological polar surface area (TPSA) is 56.7 Å². The van der Waals surface area contributed by atoms with E-state index in [4.69, 9.17) is 23.8 Å². The van der Waals surface area contributed by atoms with E-state index in [1.54, 1.807) is 12.1 Å². The minimum Gasteiger partial charge on any atom is -0.508 e. The molecule has 0 amide bonds. The van der Waals surface area contributed by atoms with Crippen molar-refractivity contribution in [2.24, 2.45) is 0 Å². The second-order valence-electron chi connectivity index (χ2n) is 6.27. The number of phenolic OH excluding ortho intramolecular Hbond substituents is 1. The number of hydrogen-bond acceptors (Lipinski definition) is 2. The number of rotatable bonds is 1. The van der Waals surface area contributed by atoms with Crippen LogP contribution in [0.4, 0.5) is 0 Å². The van der Waals surface area contributed by atoms with Crippen LogP contribution >= 0.6 is 23.8 Å². The fraction of sp³-hybridized carbons (Fsp3) is 0.105. The first-order valence-corrected chi connectivity index (χ1v) is 8.83. The summed E-state index contributed by atoms with van der Waals surface area (Å²) in [7, 11) is 0. The highest BCUT2D eigenvalue weighted by atomic mass is 35.5. The third-order valence-electron chi connectivity index (χ3n) is 4.83. The van der Waals surface area contributed by atoms with Gasteiger partial charge in [-0.05, 0) is 66.7 Å². The number of aromatic hydroxyl groups is 1. The summed E-state index contributed by atoms with van der Waals surface area (Å²) in [6, 6.07) is 13.1. The molecule has 0 fully saturated rings. The zero-order valence-corrected chi connectivity index (χ0v) is 14.7. The average Bonchev–Trinajstić information content (AvgIpc) is 3.13. The molecule has 0 saturated carbocycles. The number of halogens is 1. The van der Waals surface area contributed by atoms with E-state index in [1.807, 2.05) is 30.3 Å². The molecular weight excluding hydrogens is 354 g/mol. The molecule has 4 nitrogen and oxygen atoms in total. The summed E-state index contributed by atoms with van der Waals surface area (Å²) in [6.45, 7) is 0.829. The van der Waals surface area contributed by atoms with Crippen molar-refractivity contribution in [3.05, 3.63) is 57.8 Å². The predicted octanol–water partition coefficient (Wildman–Crippen LogP) is 5.28. The van der Waals surface area contributed by atoms with Gasteiger partial charge in [0.1, 0.15) is 5.75 Å². The molecule has 6 heteroatoms. The van der Waals surface area contributed by atoms with Gasteiger partial charge in [0.2, 0.25) is 0 Å². The van der Waals surface area contributed by atoms with Gasteiger partial charge in [-0.15, -0.1) is 0 Å². The third kappa shape index (κ3) is 2.16. The van der Waals surface area contributed by atoms with E-state index in [0.29, 0.717) is 4.77 Å². The maximum atomic E-state index is 9.57. The lowest BCUT2D eigenvalue weighted by atomic mass is 9.99. The zero-order valence-electron chi connectivity index (χ0n) is 13.1. The molecule has 2 aromatic carbocycles. The first kappa shape index (κ1) is 14.8. The van der Waals surface area contributed by atoms with Crippen molar-refractivity contribution in [3.8, 4) is 28.4 Å². The van der Waals surface area contributed by atoms with Crippen molar-refractivity contribution in [2.45, 2.75) is 13.0 Å². The number of nitrogens with one attached hydrogen (secondary N) is 2. The number of aromatic amines is 2. The Labute approximate surface area is 153 Å². The quantitative estimate of drug-likeness (QED) is 0.401. The smallest absolute Gasteiger partial charge is 0.178 e. The molecule has 1 aliphatic heterocycles. The standard InChI is InChI=1S/C19H14ClN3OS/c20-11-3-6-15-14(9-11)13-7-8-23-18(17(13)21-15)16(22-19(23)25)10-1-4-12(24)5-2-10/h1-6,9,21,24H,7-8H2,(H,22,25). The fourth-order valence-corrected chi connectivity index (χ4v) is 4.14. The van der Waals surface area contributed by atoms with Gasteiger partial charge >= 0.3 is 0 Å².